The van der Waals surface area contributed by atoms with Crippen LogP contribution in [0.5, 0.6) is 0 Å². The Hall–Kier alpha value is -0.930. The first-order chi connectivity index (χ1) is 6.75. The fourth-order valence-electron chi connectivity index (χ4n) is 1.76. The predicted octanol–water partition coefficient (Wildman–Crippen LogP) is 2.00. The molecule has 1 aromatic carbocycles. The summed E-state index contributed by atoms with van der Waals surface area (Å²) in [6.07, 6.45) is 1.64. The van der Waals surface area contributed by atoms with Crippen molar-refractivity contribution in [3.05, 3.63) is 35.6 Å². The van der Waals surface area contributed by atoms with Gasteiger partial charge in [-0.2, -0.15) is 0 Å². The van der Waals surface area contributed by atoms with Crippen molar-refractivity contribution in [2.45, 2.75) is 25.0 Å². The molecule has 1 heterocycles. The molecule has 14 heavy (non-hydrogen) atoms. The first-order valence-electron chi connectivity index (χ1n) is 4.88. The molecule has 2 rings (SSSR count). The van der Waals surface area contributed by atoms with Gasteiger partial charge in [-0.25, -0.2) is 4.39 Å². The smallest absolute Gasteiger partial charge is 0.123 e. The number of hydrogen-bond acceptors (Lipinski definition) is 2. The van der Waals surface area contributed by atoms with Gasteiger partial charge in [0.15, 0.2) is 0 Å². The summed E-state index contributed by atoms with van der Waals surface area (Å²) in [5.41, 5.74) is 6.72. The third kappa shape index (κ3) is 2.11. The minimum absolute atomic E-state index is 0.0329. The number of hydrogen-bond donors (Lipinski definition) is 1. The van der Waals surface area contributed by atoms with E-state index in [4.69, 9.17) is 10.5 Å². The zero-order valence-electron chi connectivity index (χ0n) is 7.95. The molecule has 0 radical (unpaired) electrons. The molecule has 2 unspecified atom stereocenters. The molecule has 1 aliphatic heterocycles. The van der Waals surface area contributed by atoms with E-state index in [-0.39, 0.29) is 18.0 Å². The Bertz CT molecular complexity index is 316. The summed E-state index contributed by atoms with van der Waals surface area (Å²) in [5.74, 6) is -0.217. The van der Waals surface area contributed by atoms with E-state index in [2.05, 4.69) is 0 Å². The van der Waals surface area contributed by atoms with Gasteiger partial charge in [0.25, 0.3) is 0 Å². The van der Waals surface area contributed by atoms with Crippen LogP contribution in [-0.4, -0.2) is 12.6 Å². The van der Waals surface area contributed by atoms with Crippen molar-refractivity contribution in [2.75, 3.05) is 6.61 Å². The zero-order valence-corrected chi connectivity index (χ0v) is 7.95. The van der Waals surface area contributed by atoms with E-state index >= 15 is 0 Å². The van der Waals surface area contributed by atoms with Crippen LogP contribution in [0.25, 0.3) is 0 Å². The standard InChI is InChI=1S/C11H14FNO/c12-9-3-1-2-8(6-9)11-7-10(13)4-5-14-11/h1-3,6,10-11H,4-5,7,13H2. The highest BCUT2D eigenvalue weighted by Crippen LogP contribution is 2.27. The summed E-state index contributed by atoms with van der Waals surface area (Å²) < 4.78 is 18.5. The molecule has 0 saturated carbocycles. The maximum atomic E-state index is 12.9. The molecule has 1 fully saturated rings. The molecule has 0 bridgehead atoms. The van der Waals surface area contributed by atoms with Gasteiger partial charge in [-0.05, 0) is 30.5 Å². The molecule has 76 valence electrons. The molecule has 1 aromatic rings. The second-order valence-electron chi connectivity index (χ2n) is 3.70. The molecule has 3 heteroatoms. The average molecular weight is 195 g/mol. The van der Waals surface area contributed by atoms with Crippen LogP contribution in [0, 0.1) is 5.82 Å². The number of nitrogens with two attached hydrogens (primary N) is 1. The van der Waals surface area contributed by atoms with Crippen LogP contribution in [0.4, 0.5) is 4.39 Å². The Morgan fingerprint density at radius 3 is 3.00 bits per heavy atom. The van der Waals surface area contributed by atoms with E-state index in [0.29, 0.717) is 6.61 Å². The quantitative estimate of drug-likeness (QED) is 0.744. The Morgan fingerprint density at radius 2 is 2.29 bits per heavy atom. The molecule has 0 aromatic heterocycles. The largest absolute Gasteiger partial charge is 0.373 e. The van der Waals surface area contributed by atoms with Gasteiger partial charge in [-0.15, -0.1) is 0 Å². The summed E-state index contributed by atoms with van der Waals surface area (Å²) in [6, 6.07) is 6.71. The molecule has 2 nitrogen and oxygen atoms in total. The average Bonchev–Trinajstić information content (AvgIpc) is 2.18. The molecular formula is C11H14FNO. The Labute approximate surface area is 82.9 Å². The van der Waals surface area contributed by atoms with Crippen molar-refractivity contribution in [1.29, 1.82) is 0 Å². The number of halogens is 1. The highest BCUT2D eigenvalue weighted by Gasteiger charge is 2.21. The minimum atomic E-state index is -0.217. The number of benzene rings is 1. The SMILES string of the molecule is NC1CCOC(c2cccc(F)c2)C1. The van der Waals surface area contributed by atoms with Crippen LogP contribution in [0.15, 0.2) is 24.3 Å². The summed E-state index contributed by atoms with van der Waals surface area (Å²) in [4.78, 5) is 0. The summed E-state index contributed by atoms with van der Waals surface area (Å²) >= 11 is 0. The van der Waals surface area contributed by atoms with Crippen molar-refractivity contribution in [1.82, 2.24) is 0 Å². The lowest BCUT2D eigenvalue weighted by molar-refractivity contribution is 0.00651. The van der Waals surface area contributed by atoms with E-state index in [1.807, 2.05) is 6.07 Å². The van der Waals surface area contributed by atoms with Crippen LogP contribution in [0.3, 0.4) is 0 Å². The summed E-state index contributed by atoms with van der Waals surface area (Å²) in [5, 5.41) is 0. The third-order valence-corrected chi connectivity index (χ3v) is 2.54. The lowest BCUT2D eigenvalue weighted by Gasteiger charge is -2.27. The van der Waals surface area contributed by atoms with Gasteiger partial charge in [0.1, 0.15) is 5.82 Å². The molecular weight excluding hydrogens is 181 g/mol. The normalized spacial score (nSPS) is 27.6. The van der Waals surface area contributed by atoms with Gasteiger partial charge in [-0.1, -0.05) is 12.1 Å². The Kier molecular flexibility index (Phi) is 2.79. The second kappa shape index (κ2) is 4.07. The predicted molar refractivity (Wildman–Crippen MR) is 52.3 cm³/mol. The zero-order chi connectivity index (χ0) is 9.97. The Balaban J connectivity index is 2.14. The maximum Gasteiger partial charge on any atom is 0.123 e. The first-order valence-corrected chi connectivity index (χ1v) is 4.88. The van der Waals surface area contributed by atoms with Crippen molar-refractivity contribution in [3.63, 3.8) is 0 Å². The molecule has 1 aliphatic rings. The number of rotatable bonds is 1. The second-order valence-corrected chi connectivity index (χ2v) is 3.70. The topological polar surface area (TPSA) is 35.2 Å². The Morgan fingerprint density at radius 1 is 1.43 bits per heavy atom. The van der Waals surface area contributed by atoms with Crippen LogP contribution in [0.1, 0.15) is 24.5 Å². The lowest BCUT2D eigenvalue weighted by Crippen LogP contribution is -2.30. The van der Waals surface area contributed by atoms with Gasteiger partial charge < -0.3 is 10.5 Å². The molecule has 0 spiro atoms. The van der Waals surface area contributed by atoms with E-state index in [1.54, 1.807) is 6.07 Å². The molecule has 0 aliphatic carbocycles. The van der Waals surface area contributed by atoms with E-state index in [1.165, 1.54) is 12.1 Å². The van der Waals surface area contributed by atoms with Crippen molar-refractivity contribution in [3.8, 4) is 0 Å². The first kappa shape index (κ1) is 9.62. The van der Waals surface area contributed by atoms with E-state index in [0.717, 1.165) is 18.4 Å². The van der Waals surface area contributed by atoms with E-state index in [9.17, 15) is 4.39 Å². The highest BCUT2D eigenvalue weighted by molar-refractivity contribution is 5.19. The van der Waals surface area contributed by atoms with Gasteiger partial charge in [-0.3, -0.25) is 0 Å². The van der Waals surface area contributed by atoms with Gasteiger partial charge in [0.2, 0.25) is 0 Å². The van der Waals surface area contributed by atoms with Crippen molar-refractivity contribution in [2.24, 2.45) is 5.73 Å². The molecule has 2 atom stereocenters. The summed E-state index contributed by atoms with van der Waals surface area (Å²) in [7, 11) is 0. The summed E-state index contributed by atoms with van der Waals surface area (Å²) in [6.45, 7) is 0.669. The minimum Gasteiger partial charge on any atom is -0.373 e. The third-order valence-electron chi connectivity index (χ3n) is 2.54. The van der Waals surface area contributed by atoms with Crippen LogP contribution < -0.4 is 5.73 Å². The monoisotopic (exact) mass is 195 g/mol. The maximum absolute atomic E-state index is 12.9. The number of ether oxygens (including phenoxy) is 1. The van der Waals surface area contributed by atoms with E-state index < -0.39 is 0 Å². The van der Waals surface area contributed by atoms with Gasteiger partial charge in [0, 0.05) is 12.6 Å². The van der Waals surface area contributed by atoms with Crippen molar-refractivity contribution < 1.29 is 9.13 Å². The van der Waals surface area contributed by atoms with Crippen LogP contribution >= 0.6 is 0 Å². The van der Waals surface area contributed by atoms with Crippen LogP contribution in [-0.2, 0) is 4.74 Å². The molecule has 0 amide bonds. The van der Waals surface area contributed by atoms with Crippen molar-refractivity contribution >= 4 is 0 Å². The van der Waals surface area contributed by atoms with Gasteiger partial charge in [0.05, 0.1) is 6.10 Å². The lowest BCUT2D eigenvalue weighted by atomic mass is 9.98. The van der Waals surface area contributed by atoms with Crippen LogP contribution in [0.2, 0.25) is 0 Å². The highest BCUT2D eigenvalue weighted by atomic mass is 19.1. The fourth-order valence-corrected chi connectivity index (χ4v) is 1.76. The molecule has 2 N–H and O–H groups in total. The molecule has 1 saturated heterocycles. The van der Waals surface area contributed by atoms with Gasteiger partial charge >= 0.3 is 0 Å². The fraction of sp³-hybridized carbons (Fsp3) is 0.455.